The van der Waals surface area contributed by atoms with Gasteiger partial charge in [-0.1, -0.05) is 78.9 Å². The third-order valence-electron chi connectivity index (χ3n) is 6.92. The van der Waals surface area contributed by atoms with Gasteiger partial charge in [-0.25, -0.2) is 14.8 Å². The number of nitrogens with one attached hydrogen (secondary N) is 1. The highest BCUT2D eigenvalue weighted by molar-refractivity contribution is 6.08. The fourth-order valence-corrected chi connectivity index (χ4v) is 4.93. The van der Waals surface area contributed by atoms with E-state index in [9.17, 15) is 9.18 Å². The van der Waals surface area contributed by atoms with Gasteiger partial charge >= 0.3 is 0 Å². The number of pyridine rings is 1. The number of benzene rings is 4. The summed E-state index contributed by atoms with van der Waals surface area (Å²) in [6, 6.07) is 33.8. The molecule has 6 aromatic rings. The van der Waals surface area contributed by atoms with Crippen LogP contribution >= 0.6 is 0 Å². The Kier molecular flexibility index (Phi) is 6.43. The molecule has 0 unspecified atom stereocenters. The van der Waals surface area contributed by atoms with E-state index in [1.807, 2.05) is 85.8 Å². The van der Waals surface area contributed by atoms with Crippen LogP contribution in [0.25, 0.3) is 33.1 Å². The lowest BCUT2D eigenvalue weighted by Gasteiger charge is -2.09. The molecule has 0 saturated carbocycles. The maximum atomic E-state index is 13.4. The van der Waals surface area contributed by atoms with E-state index >= 15 is 0 Å². The minimum atomic E-state index is -0.310. The predicted molar refractivity (Wildman–Crippen MR) is 154 cm³/mol. The summed E-state index contributed by atoms with van der Waals surface area (Å²) in [7, 11) is 0. The highest BCUT2D eigenvalue weighted by Crippen LogP contribution is 2.27. The normalized spacial score (nSPS) is 11.4. The van der Waals surface area contributed by atoms with Gasteiger partial charge in [-0.2, -0.15) is 5.10 Å². The fraction of sp³-hybridized carbons (Fsp3) is 0.0606. The van der Waals surface area contributed by atoms with Crippen LogP contribution in [0.15, 0.2) is 114 Å². The van der Waals surface area contributed by atoms with Gasteiger partial charge in [0.25, 0.3) is 5.91 Å². The van der Waals surface area contributed by atoms with Gasteiger partial charge in [0, 0.05) is 39.7 Å². The first-order valence-electron chi connectivity index (χ1n) is 12.7. The largest absolute Gasteiger partial charge is 0.340 e. The molecule has 0 aliphatic heterocycles. The van der Waals surface area contributed by atoms with Gasteiger partial charge in [0.15, 0.2) is 0 Å². The van der Waals surface area contributed by atoms with Gasteiger partial charge in [0.05, 0.1) is 23.0 Å². The van der Waals surface area contributed by atoms with E-state index in [-0.39, 0.29) is 11.7 Å². The molecule has 6 rings (SSSR count). The van der Waals surface area contributed by atoms with Crippen LogP contribution < -0.4 is 5.43 Å². The summed E-state index contributed by atoms with van der Waals surface area (Å²) in [5, 5.41) is 6.15. The van der Waals surface area contributed by atoms with Gasteiger partial charge in [0.2, 0.25) is 0 Å². The quantitative estimate of drug-likeness (QED) is 0.191. The number of nitrogens with zero attached hydrogens (tertiary/aromatic N) is 3. The van der Waals surface area contributed by atoms with Crippen LogP contribution in [0.1, 0.15) is 27.2 Å². The Morgan fingerprint density at radius 2 is 1.59 bits per heavy atom. The minimum absolute atomic E-state index is 0.255. The average molecular weight is 513 g/mol. The van der Waals surface area contributed by atoms with Crippen LogP contribution in [-0.2, 0) is 6.54 Å². The smallest absolute Gasteiger partial charge is 0.272 e. The second kappa shape index (κ2) is 10.3. The van der Waals surface area contributed by atoms with E-state index in [0.717, 1.165) is 49.9 Å². The first-order valence-corrected chi connectivity index (χ1v) is 12.7. The van der Waals surface area contributed by atoms with E-state index in [1.54, 1.807) is 18.3 Å². The molecule has 39 heavy (non-hydrogen) atoms. The number of hydrogen-bond donors (Lipinski definition) is 1. The summed E-state index contributed by atoms with van der Waals surface area (Å²) in [6.07, 6.45) is 1.69. The molecule has 0 bridgehead atoms. The van der Waals surface area contributed by atoms with Crippen molar-refractivity contribution in [2.75, 3.05) is 0 Å². The maximum absolute atomic E-state index is 13.4. The van der Waals surface area contributed by atoms with Crippen LogP contribution in [0.4, 0.5) is 4.39 Å². The number of aromatic nitrogens is 2. The van der Waals surface area contributed by atoms with Gasteiger partial charge in [-0.05, 0) is 42.8 Å². The number of carbonyl (C=O) groups is 1. The Morgan fingerprint density at radius 3 is 2.38 bits per heavy atom. The summed E-state index contributed by atoms with van der Waals surface area (Å²) in [5.41, 5.74) is 9.59. The van der Waals surface area contributed by atoms with Gasteiger partial charge in [-0.15, -0.1) is 0 Å². The van der Waals surface area contributed by atoms with E-state index in [2.05, 4.69) is 21.2 Å². The molecule has 1 N–H and O–H groups in total. The second-order valence-electron chi connectivity index (χ2n) is 9.37. The molecule has 190 valence electrons. The van der Waals surface area contributed by atoms with Gasteiger partial charge in [0.1, 0.15) is 5.82 Å². The van der Waals surface area contributed by atoms with Crippen LogP contribution in [0.3, 0.4) is 0 Å². The molecule has 0 radical (unpaired) electrons. The van der Waals surface area contributed by atoms with Crippen molar-refractivity contribution in [1.82, 2.24) is 15.0 Å². The van der Waals surface area contributed by atoms with Crippen molar-refractivity contribution in [2.24, 2.45) is 5.10 Å². The molecule has 0 atom stereocenters. The molecule has 0 aliphatic carbocycles. The van der Waals surface area contributed by atoms with Crippen LogP contribution in [-0.4, -0.2) is 21.7 Å². The number of para-hydroxylation sites is 2. The Labute approximate surface area is 225 Å². The standard InChI is InChI=1S/C33H25FN4O/c1-22-29(27-12-6-8-14-32(27)38(22)21-23-15-17-25(34)18-16-23)20-35-37-33(39)28-19-31(24-9-3-2-4-10-24)36-30-13-7-5-11-26(28)30/h2-20H,21H2,1H3,(H,37,39)/b35-20-. The van der Waals surface area contributed by atoms with Crippen LogP contribution in [0.5, 0.6) is 0 Å². The minimum Gasteiger partial charge on any atom is -0.340 e. The van der Waals surface area contributed by atoms with E-state index in [4.69, 9.17) is 4.98 Å². The molecule has 2 heterocycles. The number of fused-ring (bicyclic) bond motifs is 2. The van der Waals surface area contributed by atoms with Crippen LogP contribution in [0, 0.1) is 12.7 Å². The van der Waals surface area contributed by atoms with Crippen molar-refractivity contribution >= 4 is 33.9 Å². The zero-order valence-corrected chi connectivity index (χ0v) is 21.3. The summed E-state index contributed by atoms with van der Waals surface area (Å²) in [5.74, 6) is -0.566. The van der Waals surface area contributed by atoms with Crippen molar-refractivity contribution in [3.05, 3.63) is 137 Å². The molecule has 2 aromatic heterocycles. The Morgan fingerprint density at radius 1 is 0.897 bits per heavy atom. The number of carbonyl (C=O) groups excluding carboxylic acids is 1. The SMILES string of the molecule is Cc1c(/C=N\NC(=O)c2cc(-c3ccccc3)nc3ccccc23)c2ccccc2n1Cc1ccc(F)cc1. The zero-order valence-electron chi connectivity index (χ0n) is 21.3. The Hall–Kier alpha value is -5.10. The van der Waals surface area contributed by atoms with E-state index in [0.29, 0.717) is 12.1 Å². The average Bonchev–Trinajstić information content (AvgIpc) is 3.24. The molecule has 4 aromatic carbocycles. The lowest BCUT2D eigenvalue weighted by Crippen LogP contribution is -2.18. The Balaban J connectivity index is 1.32. The summed E-state index contributed by atoms with van der Waals surface area (Å²) < 4.78 is 15.6. The van der Waals surface area contributed by atoms with Crippen molar-refractivity contribution in [1.29, 1.82) is 0 Å². The van der Waals surface area contributed by atoms with Crippen molar-refractivity contribution < 1.29 is 9.18 Å². The lowest BCUT2D eigenvalue weighted by atomic mass is 10.0. The van der Waals surface area contributed by atoms with E-state index in [1.165, 1.54) is 12.1 Å². The molecule has 0 saturated heterocycles. The van der Waals surface area contributed by atoms with Crippen molar-refractivity contribution in [3.8, 4) is 11.3 Å². The highest BCUT2D eigenvalue weighted by atomic mass is 19.1. The summed E-state index contributed by atoms with van der Waals surface area (Å²) >= 11 is 0. The first kappa shape index (κ1) is 24.2. The molecule has 0 fully saturated rings. The Bertz CT molecular complexity index is 1840. The summed E-state index contributed by atoms with van der Waals surface area (Å²) in [4.78, 5) is 18.1. The third kappa shape index (κ3) is 4.80. The number of rotatable bonds is 6. The first-order chi connectivity index (χ1) is 19.1. The molecule has 0 aliphatic rings. The molecule has 1 amide bonds. The second-order valence-corrected chi connectivity index (χ2v) is 9.37. The van der Waals surface area contributed by atoms with Gasteiger partial charge in [-0.3, -0.25) is 4.79 Å². The highest BCUT2D eigenvalue weighted by Gasteiger charge is 2.15. The van der Waals surface area contributed by atoms with Gasteiger partial charge < -0.3 is 4.57 Å². The fourth-order valence-electron chi connectivity index (χ4n) is 4.93. The number of halogens is 1. The number of amides is 1. The molecular formula is C33H25FN4O. The predicted octanol–water partition coefficient (Wildman–Crippen LogP) is 7.12. The van der Waals surface area contributed by atoms with Crippen LogP contribution in [0.2, 0.25) is 0 Å². The van der Waals surface area contributed by atoms with Crippen molar-refractivity contribution in [2.45, 2.75) is 13.5 Å². The topological polar surface area (TPSA) is 59.3 Å². The molecule has 5 nitrogen and oxygen atoms in total. The van der Waals surface area contributed by atoms with E-state index < -0.39 is 0 Å². The number of hydrazone groups is 1. The molecule has 6 heteroatoms. The number of hydrogen-bond acceptors (Lipinski definition) is 3. The molecule has 0 spiro atoms. The monoisotopic (exact) mass is 512 g/mol. The lowest BCUT2D eigenvalue weighted by molar-refractivity contribution is 0.0956. The van der Waals surface area contributed by atoms with Crippen molar-refractivity contribution in [3.63, 3.8) is 0 Å². The third-order valence-corrected chi connectivity index (χ3v) is 6.92. The maximum Gasteiger partial charge on any atom is 0.272 e. The summed E-state index contributed by atoms with van der Waals surface area (Å²) in [6.45, 7) is 2.62. The zero-order chi connectivity index (χ0) is 26.8. The molecular weight excluding hydrogens is 487 g/mol.